The fourth-order valence-electron chi connectivity index (χ4n) is 3.07. The van der Waals surface area contributed by atoms with Crippen LogP contribution in [0.1, 0.15) is 11.4 Å². The van der Waals surface area contributed by atoms with Crippen molar-refractivity contribution in [2.24, 2.45) is 0 Å². The number of carboxylic acids is 3. The summed E-state index contributed by atoms with van der Waals surface area (Å²) in [6.07, 6.45) is 0. The monoisotopic (exact) mass is 414 g/mol. The molecule has 3 N–H and O–H groups in total. The van der Waals surface area contributed by atoms with Gasteiger partial charge in [0.2, 0.25) is 0 Å². The molecule has 0 radical (unpaired) electrons. The second-order valence-corrected chi connectivity index (χ2v) is 7.08. The van der Waals surface area contributed by atoms with Gasteiger partial charge in [-0.2, -0.15) is 0 Å². The number of aromatic nitrogens is 1. The average Bonchev–Trinajstić information content (AvgIpc) is 2.54. The van der Waals surface area contributed by atoms with Gasteiger partial charge >= 0.3 is 17.9 Å². The van der Waals surface area contributed by atoms with E-state index >= 15 is 0 Å². The predicted octanol–water partition coefficient (Wildman–Crippen LogP) is -0.0916. The van der Waals surface area contributed by atoms with Gasteiger partial charge in [0.15, 0.2) is 0 Å². The smallest absolute Gasteiger partial charge is 0.317 e. The summed E-state index contributed by atoms with van der Waals surface area (Å²) in [6, 6.07) is 3.28. The van der Waals surface area contributed by atoms with Crippen molar-refractivity contribution in [3.05, 3.63) is 28.5 Å². The summed E-state index contributed by atoms with van der Waals surface area (Å²) in [5, 5.41) is 27.9. The number of carbonyl (C=O) groups is 3. The van der Waals surface area contributed by atoms with Gasteiger partial charge in [0, 0.05) is 44.3 Å². The molecule has 0 amide bonds. The molecule has 28 heavy (non-hydrogen) atoms. The first-order valence-corrected chi connectivity index (χ1v) is 9.07. The third-order valence-electron chi connectivity index (χ3n) is 4.21. The molecule has 10 nitrogen and oxygen atoms in total. The van der Waals surface area contributed by atoms with Crippen LogP contribution in [-0.4, -0.2) is 98.7 Å². The van der Waals surface area contributed by atoms with Crippen molar-refractivity contribution in [2.75, 3.05) is 45.8 Å². The summed E-state index contributed by atoms with van der Waals surface area (Å²) in [5.41, 5.74) is 1.15. The second kappa shape index (κ2) is 10.3. The highest BCUT2D eigenvalue weighted by molar-refractivity contribution is 6.30. The van der Waals surface area contributed by atoms with Crippen molar-refractivity contribution in [1.82, 2.24) is 19.7 Å². The summed E-state index contributed by atoms with van der Waals surface area (Å²) >= 11 is 6.16. The molecule has 0 saturated heterocycles. The van der Waals surface area contributed by atoms with Gasteiger partial charge in [0.1, 0.15) is 0 Å². The maximum Gasteiger partial charge on any atom is 0.317 e. The third-order valence-corrected chi connectivity index (χ3v) is 4.43. The Balaban J connectivity index is 2.30. The van der Waals surface area contributed by atoms with Crippen LogP contribution >= 0.6 is 11.6 Å². The van der Waals surface area contributed by atoms with Crippen LogP contribution in [0.15, 0.2) is 12.1 Å². The van der Waals surface area contributed by atoms with Gasteiger partial charge in [0.05, 0.1) is 31.0 Å². The van der Waals surface area contributed by atoms with E-state index in [1.54, 1.807) is 26.8 Å². The van der Waals surface area contributed by atoms with Crippen molar-refractivity contribution in [1.29, 1.82) is 0 Å². The minimum absolute atomic E-state index is 0.211. The Bertz CT molecular complexity index is 683. The Kier molecular flexibility index (Phi) is 8.12. The fourth-order valence-corrected chi connectivity index (χ4v) is 3.32. The van der Waals surface area contributed by atoms with E-state index in [0.717, 1.165) is 0 Å². The predicted molar refractivity (Wildman–Crippen MR) is 99.1 cm³/mol. The molecule has 2 rings (SSSR count). The fraction of sp³-hybridized carbons (Fsp3) is 0.529. The third kappa shape index (κ3) is 7.77. The summed E-state index contributed by atoms with van der Waals surface area (Å²) in [5.74, 6) is -2.99. The lowest BCUT2D eigenvalue weighted by Gasteiger charge is -2.29. The quantitative estimate of drug-likeness (QED) is 0.579. The van der Waals surface area contributed by atoms with Crippen molar-refractivity contribution in [3.8, 4) is 0 Å². The zero-order valence-electron chi connectivity index (χ0n) is 15.3. The van der Waals surface area contributed by atoms with Gasteiger partial charge in [0.25, 0.3) is 0 Å². The lowest BCUT2D eigenvalue weighted by Crippen LogP contribution is -2.44. The average molecular weight is 415 g/mol. The highest BCUT2D eigenvalue weighted by atomic mass is 35.5. The molecule has 1 aromatic heterocycles. The first-order valence-electron chi connectivity index (χ1n) is 8.69. The highest BCUT2D eigenvalue weighted by Gasteiger charge is 2.20. The van der Waals surface area contributed by atoms with E-state index in [4.69, 9.17) is 26.9 Å². The van der Waals surface area contributed by atoms with Crippen LogP contribution in [0.2, 0.25) is 5.02 Å². The largest absolute Gasteiger partial charge is 0.480 e. The number of fused-ring (bicyclic) bond motifs is 2. The lowest BCUT2D eigenvalue weighted by atomic mass is 10.2. The first-order chi connectivity index (χ1) is 13.2. The number of nitrogens with zero attached hydrogens (tertiary/aromatic N) is 4. The minimum Gasteiger partial charge on any atom is -0.480 e. The Hall–Kier alpha value is -2.27. The molecule has 1 aliphatic rings. The van der Waals surface area contributed by atoms with Crippen LogP contribution in [0.4, 0.5) is 0 Å². The molecule has 2 bridgehead atoms. The zero-order valence-corrected chi connectivity index (χ0v) is 16.0. The molecule has 11 heteroatoms. The Morgan fingerprint density at radius 1 is 0.786 bits per heavy atom. The van der Waals surface area contributed by atoms with Crippen LogP contribution < -0.4 is 0 Å². The van der Waals surface area contributed by atoms with Gasteiger partial charge in [-0.15, -0.1) is 0 Å². The van der Waals surface area contributed by atoms with Gasteiger partial charge in [-0.3, -0.25) is 34.1 Å². The van der Waals surface area contributed by atoms with Gasteiger partial charge < -0.3 is 15.3 Å². The molecule has 0 aromatic carbocycles. The molecule has 154 valence electrons. The number of hydrogen-bond acceptors (Lipinski definition) is 7. The Labute approximate surface area is 166 Å². The minimum atomic E-state index is -1.000. The van der Waals surface area contributed by atoms with E-state index in [1.807, 2.05) is 0 Å². The van der Waals surface area contributed by atoms with Crippen molar-refractivity contribution >= 4 is 29.5 Å². The molecular weight excluding hydrogens is 392 g/mol. The number of aliphatic carboxylic acids is 3. The molecule has 2 heterocycles. The van der Waals surface area contributed by atoms with E-state index in [1.165, 1.54) is 0 Å². The van der Waals surface area contributed by atoms with Crippen LogP contribution in [-0.2, 0) is 27.5 Å². The summed E-state index contributed by atoms with van der Waals surface area (Å²) in [4.78, 5) is 43.0. The Morgan fingerprint density at radius 2 is 1.14 bits per heavy atom. The van der Waals surface area contributed by atoms with E-state index in [9.17, 15) is 14.4 Å². The normalized spacial score (nSPS) is 17.5. The van der Waals surface area contributed by atoms with E-state index in [-0.39, 0.29) is 32.7 Å². The van der Waals surface area contributed by atoms with Crippen LogP contribution in [0.25, 0.3) is 0 Å². The Morgan fingerprint density at radius 3 is 1.54 bits per heavy atom. The number of hydrogen-bond donors (Lipinski definition) is 3. The summed E-state index contributed by atoms with van der Waals surface area (Å²) in [6.45, 7) is 1.13. The molecule has 1 aromatic rings. The molecule has 1 aliphatic heterocycles. The molecule has 0 aliphatic carbocycles. The van der Waals surface area contributed by atoms with Gasteiger partial charge in [-0.05, 0) is 12.1 Å². The molecule has 0 atom stereocenters. The van der Waals surface area contributed by atoms with Crippen molar-refractivity contribution in [3.63, 3.8) is 0 Å². The topological polar surface area (TPSA) is 135 Å². The second-order valence-electron chi connectivity index (χ2n) is 6.65. The maximum atomic E-state index is 11.2. The summed E-state index contributed by atoms with van der Waals surface area (Å²) in [7, 11) is 0. The number of rotatable bonds is 6. The number of pyridine rings is 1. The van der Waals surface area contributed by atoms with E-state index in [2.05, 4.69) is 4.98 Å². The first kappa shape index (κ1) is 22.0. The SMILES string of the molecule is O=C(O)CN1CCN(CC(=O)O)Cc2cc(Cl)cc(n2)CN(CC(=O)O)CC1. The van der Waals surface area contributed by atoms with Crippen molar-refractivity contribution < 1.29 is 29.7 Å². The van der Waals surface area contributed by atoms with Crippen LogP contribution in [0.5, 0.6) is 0 Å². The van der Waals surface area contributed by atoms with Crippen LogP contribution in [0, 0.1) is 0 Å². The van der Waals surface area contributed by atoms with Gasteiger partial charge in [-0.1, -0.05) is 11.6 Å². The number of halogens is 1. The molecule has 0 spiro atoms. The molecular formula is C17H23ClN4O6. The van der Waals surface area contributed by atoms with Crippen LogP contribution in [0.3, 0.4) is 0 Å². The van der Waals surface area contributed by atoms with E-state index in [0.29, 0.717) is 42.6 Å². The zero-order chi connectivity index (χ0) is 20.7. The standard InChI is InChI=1S/C17H23ClN4O6/c18-12-5-13-7-21(10-16(25)26)3-1-20(9-15(23)24)2-4-22(11-17(27)28)8-14(6-12)19-13/h5-6H,1-4,7-11H2,(H,23,24)(H,25,26)(H,27,28). The highest BCUT2D eigenvalue weighted by Crippen LogP contribution is 2.16. The molecule has 0 fully saturated rings. The summed E-state index contributed by atoms with van der Waals surface area (Å²) < 4.78 is 0. The van der Waals surface area contributed by atoms with Crippen molar-refractivity contribution in [2.45, 2.75) is 13.1 Å². The van der Waals surface area contributed by atoms with E-state index < -0.39 is 17.9 Å². The van der Waals surface area contributed by atoms with Gasteiger partial charge in [-0.25, -0.2) is 0 Å². The lowest BCUT2D eigenvalue weighted by molar-refractivity contribution is -0.140. The number of carboxylic acid groups (broad SMARTS) is 3. The molecule has 0 saturated carbocycles. The molecule has 0 unspecified atom stereocenters. The maximum absolute atomic E-state index is 11.2.